The molecule has 4 aromatic rings. The van der Waals surface area contributed by atoms with Crippen LogP contribution in [0.15, 0.2) is 47.4 Å². The van der Waals surface area contributed by atoms with Crippen molar-refractivity contribution in [3.05, 3.63) is 58.6 Å². The van der Waals surface area contributed by atoms with E-state index in [0.717, 1.165) is 48.8 Å². The monoisotopic (exact) mass is 506 g/mol. The molecule has 0 bridgehead atoms. The molecule has 0 radical (unpaired) electrons. The van der Waals surface area contributed by atoms with Gasteiger partial charge in [-0.25, -0.2) is 14.5 Å². The fourth-order valence-electron chi connectivity index (χ4n) is 5.38. The zero-order valence-electron chi connectivity index (χ0n) is 21.0. The molecule has 5 rings (SSSR count). The smallest absolute Gasteiger partial charge is 0.348 e. The van der Waals surface area contributed by atoms with Crippen LogP contribution < -0.4 is 5.69 Å². The summed E-state index contributed by atoms with van der Waals surface area (Å²) in [5, 5.41) is 28.5. The first-order chi connectivity index (χ1) is 17.1. The van der Waals surface area contributed by atoms with Crippen LogP contribution in [0.25, 0.3) is 28.0 Å². The Bertz CT molecular complexity index is 1460. The zero-order valence-corrected chi connectivity index (χ0v) is 22.0. The van der Waals surface area contributed by atoms with Crippen molar-refractivity contribution in [3.63, 3.8) is 0 Å². The van der Waals surface area contributed by atoms with Crippen LogP contribution in [0.2, 0.25) is 18.6 Å². The van der Waals surface area contributed by atoms with Gasteiger partial charge in [-0.15, -0.1) is 0 Å². The molecule has 2 aromatic carbocycles. The van der Waals surface area contributed by atoms with Crippen LogP contribution in [-0.4, -0.2) is 42.7 Å². The average Bonchev–Trinajstić information content (AvgIpc) is 3.41. The molecule has 1 aliphatic heterocycles. The lowest BCUT2D eigenvalue weighted by molar-refractivity contribution is 0.380. The molecular weight excluding hydrogens is 472 g/mol. The predicted molar refractivity (Wildman–Crippen MR) is 143 cm³/mol. The molecule has 8 nitrogen and oxygen atoms in total. The topological polar surface area (TPSA) is 116 Å². The molecule has 1 fully saturated rings. The first-order valence-corrected chi connectivity index (χ1v) is 15.5. The Morgan fingerprint density at radius 1 is 1.11 bits per heavy atom. The van der Waals surface area contributed by atoms with Crippen LogP contribution in [0, 0.1) is 5.92 Å². The molecule has 0 atom stereocenters. The third kappa shape index (κ3) is 4.60. The van der Waals surface area contributed by atoms with Gasteiger partial charge in [0.15, 0.2) is 14.1 Å². The number of rotatable bonds is 6. The van der Waals surface area contributed by atoms with Crippen LogP contribution in [0.5, 0.6) is 11.5 Å². The van der Waals surface area contributed by atoms with Gasteiger partial charge in [0.05, 0.1) is 11.3 Å². The Morgan fingerprint density at radius 3 is 2.58 bits per heavy atom. The highest BCUT2D eigenvalue weighted by molar-refractivity contribution is 6.71. The molecule has 1 aliphatic rings. The molecular formula is C27H34N4O4Si. The quantitative estimate of drug-likeness (QED) is 0.272. The number of aryl methyl sites for hydroxylation is 1. The van der Waals surface area contributed by atoms with E-state index in [1.807, 2.05) is 32.0 Å². The summed E-state index contributed by atoms with van der Waals surface area (Å²) in [4.78, 5) is 23.1. The van der Waals surface area contributed by atoms with Crippen molar-refractivity contribution in [3.8, 4) is 28.6 Å². The number of nitrogens with one attached hydrogen (secondary N) is 1. The highest BCUT2D eigenvalue weighted by Gasteiger charge is 2.31. The van der Waals surface area contributed by atoms with E-state index in [0.29, 0.717) is 22.7 Å². The van der Waals surface area contributed by atoms with Gasteiger partial charge in [0.1, 0.15) is 11.5 Å². The molecule has 3 heterocycles. The van der Waals surface area contributed by atoms with E-state index in [-0.39, 0.29) is 23.2 Å². The second kappa shape index (κ2) is 9.29. The van der Waals surface area contributed by atoms with Gasteiger partial charge in [0.25, 0.3) is 0 Å². The molecule has 0 amide bonds. The van der Waals surface area contributed by atoms with E-state index in [9.17, 15) is 19.8 Å². The predicted octanol–water partition coefficient (Wildman–Crippen LogP) is 5.08. The second-order valence-electron chi connectivity index (χ2n) is 10.8. The fraction of sp³-hybridized carbons (Fsp3) is 0.407. The zero-order chi connectivity index (χ0) is 25.6. The molecule has 190 valence electrons. The van der Waals surface area contributed by atoms with Gasteiger partial charge >= 0.3 is 5.69 Å². The molecule has 0 spiro atoms. The van der Waals surface area contributed by atoms with Crippen molar-refractivity contribution in [2.45, 2.75) is 64.2 Å². The number of hydrogen-bond donors (Lipinski definition) is 4. The minimum atomic E-state index is -1.92. The van der Waals surface area contributed by atoms with Crippen LogP contribution in [0.1, 0.15) is 44.6 Å². The number of aromatic amines is 1. The van der Waals surface area contributed by atoms with E-state index in [1.54, 1.807) is 6.07 Å². The lowest BCUT2D eigenvalue weighted by Gasteiger charge is -2.31. The maximum atomic E-state index is 12.8. The van der Waals surface area contributed by atoms with E-state index in [1.165, 1.54) is 10.6 Å². The van der Waals surface area contributed by atoms with Crippen molar-refractivity contribution in [2.75, 3.05) is 0 Å². The van der Waals surface area contributed by atoms with Crippen LogP contribution in [-0.2, 0) is 6.54 Å². The lowest BCUT2D eigenvalue weighted by atomic mass is 9.98. The van der Waals surface area contributed by atoms with Crippen LogP contribution >= 0.6 is 0 Å². The molecule has 1 saturated heterocycles. The fourth-order valence-corrected chi connectivity index (χ4v) is 7.69. The highest BCUT2D eigenvalue weighted by Crippen LogP contribution is 2.38. The van der Waals surface area contributed by atoms with Gasteiger partial charge in [0.2, 0.25) is 0 Å². The first kappa shape index (κ1) is 24.4. The van der Waals surface area contributed by atoms with Gasteiger partial charge in [-0.1, -0.05) is 26.7 Å². The Morgan fingerprint density at radius 2 is 1.86 bits per heavy atom. The minimum Gasteiger partial charge on any atom is -0.508 e. The first-order valence-electron chi connectivity index (χ1n) is 12.7. The number of benzene rings is 2. The van der Waals surface area contributed by atoms with Gasteiger partial charge in [-0.05, 0) is 72.8 Å². The summed E-state index contributed by atoms with van der Waals surface area (Å²) in [5.41, 5.74) is 2.39. The normalized spacial score (nSPS) is 20.4. The summed E-state index contributed by atoms with van der Waals surface area (Å²) in [6.07, 6.45) is 5.43. The van der Waals surface area contributed by atoms with Gasteiger partial charge < -0.3 is 19.6 Å². The second-order valence-corrected chi connectivity index (χ2v) is 14.7. The average molecular weight is 507 g/mol. The summed E-state index contributed by atoms with van der Waals surface area (Å²) in [7, 11) is -1.92. The van der Waals surface area contributed by atoms with E-state index in [4.69, 9.17) is 0 Å². The summed E-state index contributed by atoms with van der Waals surface area (Å²) < 4.78 is 3.70. The number of aromatic hydroxyl groups is 2. The SMILES string of the molecule is CC(C)c1cc(-c2n[nH]c(=O)n2-c2ccc3c(ccn3CCC3CC[Si](C)(O)CC3)c2)c(O)cc1O. The number of H-pyrrole nitrogens is 1. The maximum Gasteiger partial charge on any atom is 0.348 e. The number of aromatic nitrogens is 4. The molecule has 9 heteroatoms. The summed E-state index contributed by atoms with van der Waals surface area (Å²) in [5.74, 6) is 0.851. The Balaban J connectivity index is 1.44. The van der Waals surface area contributed by atoms with Gasteiger partial charge in [0, 0.05) is 29.7 Å². The molecule has 2 aromatic heterocycles. The van der Waals surface area contributed by atoms with E-state index >= 15 is 0 Å². The van der Waals surface area contributed by atoms with E-state index < -0.39 is 14.0 Å². The number of hydrogen-bond acceptors (Lipinski definition) is 5. The highest BCUT2D eigenvalue weighted by atomic mass is 28.4. The number of phenolic OH excluding ortho intramolecular Hbond substituents is 2. The minimum absolute atomic E-state index is 0.0131. The van der Waals surface area contributed by atoms with Crippen molar-refractivity contribution in [2.24, 2.45) is 5.92 Å². The Labute approximate surface area is 211 Å². The lowest BCUT2D eigenvalue weighted by Crippen LogP contribution is -2.34. The maximum absolute atomic E-state index is 12.8. The molecule has 0 saturated carbocycles. The standard InChI is InChI=1S/C27H34N4O4Si/c1-17(2)21-15-22(25(33)16-24(21)32)26-28-29-27(34)31(26)20-4-5-23-19(14-20)7-11-30(23)10-6-18-8-12-36(3,35)13-9-18/h4-5,7,11,14-18,32-33,35H,6,8-10,12-13H2,1-3H3,(H,29,34). The molecule has 4 N–H and O–H groups in total. The third-order valence-electron chi connectivity index (χ3n) is 7.65. The summed E-state index contributed by atoms with van der Waals surface area (Å²) >= 11 is 0. The number of fused-ring (bicyclic) bond motifs is 1. The summed E-state index contributed by atoms with van der Waals surface area (Å²) in [6.45, 7) is 6.90. The molecule has 36 heavy (non-hydrogen) atoms. The number of phenols is 2. The summed E-state index contributed by atoms with van der Waals surface area (Å²) in [6, 6.07) is 12.9. The largest absolute Gasteiger partial charge is 0.508 e. The Kier molecular flexibility index (Phi) is 6.30. The van der Waals surface area contributed by atoms with Crippen LogP contribution in [0.3, 0.4) is 0 Å². The molecule has 0 unspecified atom stereocenters. The van der Waals surface area contributed by atoms with Crippen molar-refractivity contribution in [1.82, 2.24) is 19.3 Å². The Hall–Kier alpha value is -3.30. The van der Waals surface area contributed by atoms with Crippen LogP contribution in [0.4, 0.5) is 0 Å². The van der Waals surface area contributed by atoms with E-state index in [2.05, 4.69) is 33.6 Å². The third-order valence-corrected chi connectivity index (χ3v) is 10.4. The molecule has 0 aliphatic carbocycles. The number of nitrogens with zero attached hydrogens (tertiary/aromatic N) is 3. The van der Waals surface area contributed by atoms with Crippen molar-refractivity contribution >= 4 is 19.2 Å². The van der Waals surface area contributed by atoms with Crippen molar-refractivity contribution < 1.29 is 15.0 Å². The van der Waals surface area contributed by atoms with Gasteiger partial charge in [-0.3, -0.25) is 0 Å². The van der Waals surface area contributed by atoms with Crippen molar-refractivity contribution in [1.29, 1.82) is 0 Å². The van der Waals surface area contributed by atoms with Gasteiger partial charge in [-0.2, -0.15) is 5.10 Å².